The SMILES string of the molecule is CC(C)CC(CNC(=O)c1ccccc1N)CC(=O)O. The van der Waals surface area contributed by atoms with Crippen molar-refractivity contribution in [3.05, 3.63) is 29.8 Å². The lowest BCUT2D eigenvalue weighted by Gasteiger charge is -2.18. The van der Waals surface area contributed by atoms with E-state index in [9.17, 15) is 9.59 Å². The van der Waals surface area contributed by atoms with Crippen molar-refractivity contribution < 1.29 is 14.7 Å². The molecule has 0 radical (unpaired) electrons. The van der Waals surface area contributed by atoms with Crippen LogP contribution in [-0.4, -0.2) is 23.5 Å². The van der Waals surface area contributed by atoms with Gasteiger partial charge in [-0.25, -0.2) is 0 Å². The van der Waals surface area contributed by atoms with Crippen molar-refractivity contribution in [2.45, 2.75) is 26.7 Å². The number of benzene rings is 1. The molecule has 1 aromatic carbocycles. The van der Waals surface area contributed by atoms with Crippen LogP contribution < -0.4 is 11.1 Å². The molecule has 0 heterocycles. The van der Waals surface area contributed by atoms with Gasteiger partial charge in [-0.15, -0.1) is 0 Å². The number of rotatable bonds is 7. The molecular formula is C15H22N2O3. The van der Waals surface area contributed by atoms with Crippen molar-refractivity contribution in [1.29, 1.82) is 0 Å². The first-order chi connectivity index (χ1) is 9.40. The van der Waals surface area contributed by atoms with Gasteiger partial charge in [-0.3, -0.25) is 9.59 Å². The first-order valence-electron chi connectivity index (χ1n) is 6.74. The van der Waals surface area contributed by atoms with Gasteiger partial charge < -0.3 is 16.2 Å². The van der Waals surface area contributed by atoms with Crippen LogP contribution in [0.4, 0.5) is 5.69 Å². The number of amides is 1. The van der Waals surface area contributed by atoms with Crippen LogP contribution in [-0.2, 0) is 4.79 Å². The quantitative estimate of drug-likeness (QED) is 0.666. The Bertz CT molecular complexity index is 472. The maximum Gasteiger partial charge on any atom is 0.303 e. The van der Waals surface area contributed by atoms with Crippen molar-refractivity contribution in [2.75, 3.05) is 12.3 Å². The highest BCUT2D eigenvalue weighted by Crippen LogP contribution is 2.16. The zero-order valence-corrected chi connectivity index (χ0v) is 11.9. The van der Waals surface area contributed by atoms with E-state index in [1.54, 1.807) is 24.3 Å². The van der Waals surface area contributed by atoms with E-state index in [2.05, 4.69) is 5.32 Å². The van der Waals surface area contributed by atoms with Gasteiger partial charge in [0.05, 0.1) is 5.56 Å². The number of hydrogen-bond acceptors (Lipinski definition) is 3. The van der Waals surface area contributed by atoms with E-state index in [1.807, 2.05) is 13.8 Å². The number of nitrogen functional groups attached to an aromatic ring is 1. The second-order valence-corrected chi connectivity index (χ2v) is 5.39. The van der Waals surface area contributed by atoms with Crippen LogP contribution in [0.25, 0.3) is 0 Å². The summed E-state index contributed by atoms with van der Waals surface area (Å²) in [5.41, 5.74) is 6.58. The standard InChI is InChI=1S/C15H22N2O3/c1-10(2)7-11(8-14(18)19)9-17-15(20)12-5-3-4-6-13(12)16/h3-6,10-11H,7-9,16H2,1-2H3,(H,17,20)(H,18,19). The molecule has 1 rings (SSSR count). The minimum absolute atomic E-state index is 0.0583. The van der Waals surface area contributed by atoms with Gasteiger partial charge in [-0.2, -0.15) is 0 Å². The Balaban J connectivity index is 2.60. The molecule has 0 spiro atoms. The molecule has 110 valence electrons. The van der Waals surface area contributed by atoms with Gasteiger partial charge in [0, 0.05) is 18.7 Å². The van der Waals surface area contributed by atoms with Gasteiger partial charge >= 0.3 is 5.97 Å². The van der Waals surface area contributed by atoms with Crippen LogP contribution in [0.1, 0.15) is 37.0 Å². The Morgan fingerprint density at radius 1 is 1.30 bits per heavy atom. The van der Waals surface area contributed by atoms with E-state index in [0.29, 0.717) is 23.7 Å². The largest absolute Gasteiger partial charge is 0.481 e. The Labute approximate surface area is 119 Å². The summed E-state index contributed by atoms with van der Waals surface area (Å²) in [4.78, 5) is 22.8. The van der Waals surface area contributed by atoms with E-state index >= 15 is 0 Å². The normalized spacial score (nSPS) is 12.2. The number of carboxylic acids is 1. The molecule has 1 amide bonds. The van der Waals surface area contributed by atoms with Crippen molar-refractivity contribution >= 4 is 17.6 Å². The predicted molar refractivity (Wildman–Crippen MR) is 78.4 cm³/mol. The fraction of sp³-hybridized carbons (Fsp3) is 0.467. The number of hydrogen-bond donors (Lipinski definition) is 3. The van der Waals surface area contributed by atoms with Gasteiger partial charge in [0.15, 0.2) is 0 Å². The topological polar surface area (TPSA) is 92.4 Å². The van der Waals surface area contributed by atoms with E-state index in [-0.39, 0.29) is 18.2 Å². The lowest BCUT2D eigenvalue weighted by molar-refractivity contribution is -0.138. The molecule has 0 saturated carbocycles. The molecule has 5 nitrogen and oxygen atoms in total. The molecule has 0 saturated heterocycles. The maximum absolute atomic E-state index is 12.0. The van der Waals surface area contributed by atoms with Crippen molar-refractivity contribution in [3.63, 3.8) is 0 Å². The summed E-state index contributed by atoms with van der Waals surface area (Å²) in [5.74, 6) is -0.786. The maximum atomic E-state index is 12.0. The van der Waals surface area contributed by atoms with Crippen LogP contribution in [0.2, 0.25) is 0 Å². The second-order valence-electron chi connectivity index (χ2n) is 5.39. The van der Waals surface area contributed by atoms with Crippen LogP contribution in [0.15, 0.2) is 24.3 Å². The molecule has 0 bridgehead atoms. The molecule has 0 aliphatic heterocycles. The molecule has 1 unspecified atom stereocenters. The average Bonchev–Trinajstić information content (AvgIpc) is 2.34. The van der Waals surface area contributed by atoms with Crippen molar-refractivity contribution in [3.8, 4) is 0 Å². The molecule has 1 aromatic rings. The molecule has 5 heteroatoms. The van der Waals surface area contributed by atoms with E-state index in [4.69, 9.17) is 10.8 Å². The lowest BCUT2D eigenvalue weighted by Crippen LogP contribution is -2.31. The minimum Gasteiger partial charge on any atom is -0.481 e. The summed E-state index contributed by atoms with van der Waals surface area (Å²) in [5, 5.41) is 11.7. The van der Waals surface area contributed by atoms with Crippen LogP contribution in [0.3, 0.4) is 0 Å². The third kappa shape index (κ3) is 5.30. The summed E-state index contributed by atoms with van der Waals surface area (Å²) in [7, 11) is 0. The Kier molecular flexibility index (Phi) is 6.03. The molecule has 0 fully saturated rings. The fourth-order valence-corrected chi connectivity index (χ4v) is 2.19. The summed E-state index contributed by atoms with van der Waals surface area (Å²) in [6, 6.07) is 6.82. The highest BCUT2D eigenvalue weighted by Gasteiger charge is 2.17. The van der Waals surface area contributed by atoms with Gasteiger partial charge in [-0.05, 0) is 30.4 Å². The molecular weight excluding hydrogens is 256 g/mol. The molecule has 1 atom stereocenters. The molecule has 4 N–H and O–H groups in total. The average molecular weight is 278 g/mol. The number of nitrogens with one attached hydrogen (secondary N) is 1. The summed E-state index contributed by atoms with van der Waals surface area (Å²) < 4.78 is 0. The summed E-state index contributed by atoms with van der Waals surface area (Å²) >= 11 is 0. The predicted octanol–water partition coefficient (Wildman–Crippen LogP) is 2.14. The third-order valence-electron chi connectivity index (χ3n) is 3.02. The Morgan fingerprint density at radius 3 is 2.50 bits per heavy atom. The zero-order chi connectivity index (χ0) is 15.1. The van der Waals surface area contributed by atoms with E-state index < -0.39 is 5.97 Å². The van der Waals surface area contributed by atoms with Gasteiger partial charge in [0.2, 0.25) is 0 Å². The monoisotopic (exact) mass is 278 g/mol. The van der Waals surface area contributed by atoms with Crippen LogP contribution >= 0.6 is 0 Å². The first kappa shape index (κ1) is 16.0. The van der Waals surface area contributed by atoms with Gasteiger partial charge in [-0.1, -0.05) is 26.0 Å². The summed E-state index contributed by atoms with van der Waals surface area (Å²) in [6.45, 7) is 4.41. The number of nitrogens with two attached hydrogens (primary N) is 1. The van der Waals surface area contributed by atoms with Crippen molar-refractivity contribution in [1.82, 2.24) is 5.32 Å². The number of carbonyl (C=O) groups is 2. The highest BCUT2D eigenvalue weighted by molar-refractivity contribution is 5.99. The molecule has 0 aliphatic rings. The van der Waals surface area contributed by atoms with Crippen LogP contribution in [0.5, 0.6) is 0 Å². The fourth-order valence-electron chi connectivity index (χ4n) is 2.19. The first-order valence-corrected chi connectivity index (χ1v) is 6.74. The van der Waals surface area contributed by atoms with E-state index in [0.717, 1.165) is 6.42 Å². The van der Waals surface area contributed by atoms with Crippen LogP contribution in [0, 0.1) is 11.8 Å². The number of carbonyl (C=O) groups excluding carboxylic acids is 1. The smallest absolute Gasteiger partial charge is 0.303 e. The Morgan fingerprint density at radius 2 is 1.95 bits per heavy atom. The number of para-hydroxylation sites is 1. The van der Waals surface area contributed by atoms with Gasteiger partial charge in [0.1, 0.15) is 0 Å². The number of anilines is 1. The number of aliphatic carboxylic acids is 1. The molecule has 20 heavy (non-hydrogen) atoms. The lowest BCUT2D eigenvalue weighted by atomic mass is 9.94. The third-order valence-corrected chi connectivity index (χ3v) is 3.02. The van der Waals surface area contributed by atoms with Crippen molar-refractivity contribution in [2.24, 2.45) is 11.8 Å². The minimum atomic E-state index is -0.843. The zero-order valence-electron chi connectivity index (χ0n) is 11.9. The highest BCUT2D eigenvalue weighted by atomic mass is 16.4. The number of carboxylic acid groups (broad SMARTS) is 1. The van der Waals surface area contributed by atoms with E-state index in [1.165, 1.54) is 0 Å². The second kappa shape index (κ2) is 7.53. The summed E-state index contributed by atoms with van der Waals surface area (Å²) in [6.07, 6.45) is 0.819. The molecule has 0 aromatic heterocycles. The van der Waals surface area contributed by atoms with Gasteiger partial charge in [0.25, 0.3) is 5.91 Å². The molecule has 0 aliphatic carbocycles. The Hall–Kier alpha value is -2.04.